The minimum Gasteiger partial charge on any atom is -0.481 e. The third-order valence-electron chi connectivity index (χ3n) is 7.29. The van der Waals surface area contributed by atoms with Gasteiger partial charge in [0.15, 0.2) is 11.6 Å². The molecular weight excluding hydrogens is 418 g/mol. The second-order valence-corrected chi connectivity index (χ2v) is 9.77. The van der Waals surface area contributed by atoms with Gasteiger partial charge in [0.2, 0.25) is 0 Å². The fourth-order valence-electron chi connectivity index (χ4n) is 5.15. The van der Waals surface area contributed by atoms with Crippen LogP contribution in [0.2, 0.25) is 0 Å². The van der Waals surface area contributed by atoms with Crippen molar-refractivity contribution in [1.29, 1.82) is 0 Å². The highest BCUT2D eigenvalue weighted by molar-refractivity contribution is 5.67. The third-order valence-corrected chi connectivity index (χ3v) is 7.29. The summed E-state index contributed by atoms with van der Waals surface area (Å²) in [4.78, 5) is 10.6. The van der Waals surface area contributed by atoms with E-state index in [-0.39, 0.29) is 12.0 Å². The summed E-state index contributed by atoms with van der Waals surface area (Å²) in [6.45, 7) is 2.24. The maximum Gasteiger partial charge on any atom is 0.303 e. The maximum absolute atomic E-state index is 14.9. The number of aryl methyl sites for hydroxylation is 2. The smallest absolute Gasteiger partial charge is 0.303 e. The van der Waals surface area contributed by atoms with Crippen LogP contribution in [0, 0.1) is 23.5 Å². The Hall–Kier alpha value is -2.23. The van der Waals surface area contributed by atoms with Crippen LogP contribution in [0.4, 0.5) is 8.78 Å². The summed E-state index contributed by atoms with van der Waals surface area (Å²) in [6.07, 6.45) is 13.2. The molecule has 0 unspecified atom stereocenters. The van der Waals surface area contributed by atoms with Crippen molar-refractivity contribution in [2.24, 2.45) is 11.8 Å². The minimum atomic E-state index is -0.806. The van der Waals surface area contributed by atoms with Gasteiger partial charge in [0, 0.05) is 12.0 Å². The summed E-state index contributed by atoms with van der Waals surface area (Å²) >= 11 is 0. The number of carboxylic acid groups (broad SMARTS) is 1. The summed E-state index contributed by atoms with van der Waals surface area (Å²) in [7, 11) is 0. The number of rotatable bonds is 12. The number of halogens is 2. The number of hydrogen-bond acceptors (Lipinski definition) is 1. The molecule has 2 nitrogen and oxygen atoms in total. The van der Waals surface area contributed by atoms with Crippen molar-refractivity contribution in [2.45, 2.75) is 90.4 Å². The Bertz CT molecular complexity index is 883. The fourth-order valence-corrected chi connectivity index (χ4v) is 5.15. The molecule has 0 saturated heterocycles. The van der Waals surface area contributed by atoms with E-state index in [0.29, 0.717) is 36.3 Å². The molecule has 1 aliphatic carbocycles. The molecule has 1 aliphatic rings. The zero-order valence-electron chi connectivity index (χ0n) is 19.9. The van der Waals surface area contributed by atoms with Gasteiger partial charge < -0.3 is 5.11 Å². The van der Waals surface area contributed by atoms with Crippen LogP contribution in [-0.4, -0.2) is 11.1 Å². The molecule has 0 bridgehead atoms. The standard InChI is InChI=1S/C29H38F2O2/c1-2-3-4-6-21-9-11-23(12-10-21)15-18-25-19-20-26(29(31)28(25)30)24-16-13-22(14-17-24)7-5-8-27(32)33/h13-14,16-17,19-21,23H,2-12,15,18H2,1H3,(H,32,33). The van der Waals surface area contributed by atoms with Crippen molar-refractivity contribution < 1.29 is 18.7 Å². The van der Waals surface area contributed by atoms with Gasteiger partial charge in [0.25, 0.3) is 0 Å². The molecule has 1 N–H and O–H groups in total. The van der Waals surface area contributed by atoms with Gasteiger partial charge in [-0.2, -0.15) is 0 Å². The monoisotopic (exact) mass is 456 g/mol. The minimum absolute atomic E-state index is 0.128. The lowest BCUT2D eigenvalue weighted by atomic mass is 9.77. The molecule has 4 heteroatoms. The highest BCUT2D eigenvalue weighted by Crippen LogP contribution is 2.35. The predicted octanol–water partition coefficient (Wildman–Crippen LogP) is 8.36. The van der Waals surface area contributed by atoms with Gasteiger partial charge in [-0.15, -0.1) is 0 Å². The number of benzene rings is 2. The molecule has 0 amide bonds. The molecule has 2 aromatic rings. The van der Waals surface area contributed by atoms with E-state index in [0.717, 1.165) is 17.9 Å². The van der Waals surface area contributed by atoms with Crippen LogP contribution in [0.3, 0.4) is 0 Å². The summed E-state index contributed by atoms with van der Waals surface area (Å²) < 4.78 is 29.7. The van der Waals surface area contributed by atoms with Crippen molar-refractivity contribution in [3.63, 3.8) is 0 Å². The van der Waals surface area contributed by atoms with Gasteiger partial charge in [-0.05, 0) is 54.2 Å². The van der Waals surface area contributed by atoms with E-state index >= 15 is 0 Å². The number of carbonyl (C=O) groups is 1. The average Bonchev–Trinajstić information content (AvgIpc) is 2.81. The molecule has 0 aliphatic heterocycles. The Balaban J connectivity index is 1.52. The number of aliphatic carboxylic acids is 1. The second kappa shape index (κ2) is 12.9. The molecule has 1 fully saturated rings. The summed E-state index contributed by atoms with van der Waals surface area (Å²) in [5.41, 5.74) is 2.39. The van der Waals surface area contributed by atoms with E-state index in [1.54, 1.807) is 24.3 Å². The van der Waals surface area contributed by atoms with E-state index in [2.05, 4.69) is 6.92 Å². The van der Waals surface area contributed by atoms with Gasteiger partial charge in [-0.25, -0.2) is 8.78 Å². The molecule has 0 spiro atoms. The molecule has 33 heavy (non-hydrogen) atoms. The zero-order chi connectivity index (χ0) is 23.6. The quantitative estimate of drug-likeness (QED) is 0.326. The SMILES string of the molecule is CCCCCC1CCC(CCc2ccc(-c3ccc(CCCC(=O)O)cc3)c(F)c2F)CC1. The van der Waals surface area contributed by atoms with Crippen LogP contribution in [0.15, 0.2) is 36.4 Å². The Labute approximate surface area is 197 Å². The molecule has 0 radical (unpaired) electrons. The first-order chi connectivity index (χ1) is 16.0. The van der Waals surface area contributed by atoms with E-state index < -0.39 is 17.6 Å². The normalized spacial score (nSPS) is 18.4. The van der Waals surface area contributed by atoms with Crippen molar-refractivity contribution in [1.82, 2.24) is 0 Å². The lowest BCUT2D eigenvalue weighted by molar-refractivity contribution is -0.137. The van der Waals surface area contributed by atoms with E-state index in [9.17, 15) is 13.6 Å². The Morgan fingerprint density at radius 2 is 1.52 bits per heavy atom. The van der Waals surface area contributed by atoms with E-state index in [1.807, 2.05) is 12.1 Å². The molecular formula is C29H38F2O2. The van der Waals surface area contributed by atoms with Crippen molar-refractivity contribution in [2.75, 3.05) is 0 Å². The van der Waals surface area contributed by atoms with Gasteiger partial charge in [0.1, 0.15) is 0 Å². The molecule has 2 aromatic carbocycles. The van der Waals surface area contributed by atoms with Crippen molar-refractivity contribution >= 4 is 5.97 Å². The molecule has 0 aromatic heterocycles. The Kier molecular flexibility index (Phi) is 9.90. The fraction of sp³-hybridized carbons (Fsp3) is 0.552. The lowest BCUT2D eigenvalue weighted by Gasteiger charge is -2.28. The topological polar surface area (TPSA) is 37.3 Å². The zero-order valence-corrected chi connectivity index (χ0v) is 19.9. The largest absolute Gasteiger partial charge is 0.481 e. The van der Waals surface area contributed by atoms with Gasteiger partial charge in [0.05, 0.1) is 0 Å². The number of hydrogen-bond donors (Lipinski definition) is 1. The molecule has 180 valence electrons. The first-order valence-electron chi connectivity index (χ1n) is 12.8. The highest BCUT2D eigenvalue weighted by atomic mass is 19.2. The Morgan fingerprint density at radius 1 is 0.848 bits per heavy atom. The lowest BCUT2D eigenvalue weighted by Crippen LogP contribution is -2.15. The van der Waals surface area contributed by atoms with Crippen LogP contribution in [0.25, 0.3) is 11.1 Å². The van der Waals surface area contributed by atoms with Crippen LogP contribution < -0.4 is 0 Å². The summed E-state index contributed by atoms with van der Waals surface area (Å²) in [5.74, 6) is -0.801. The van der Waals surface area contributed by atoms with Crippen molar-refractivity contribution in [3.05, 3.63) is 59.2 Å². The van der Waals surface area contributed by atoms with E-state index in [1.165, 1.54) is 51.4 Å². The molecule has 0 atom stereocenters. The summed E-state index contributed by atoms with van der Waals surface area (Å²) in [5, 5.41) is 8.74. The first-order valence-corrected chi connectivity index (χ1v) is 12.8. The number of unbranched alkanes of at least 4 members (excludes halogenated alkanes) is 2. The van der Waals surface area contributed by atoms with Crippen LogP contribution in [0.1, 0.15) is 88.7 Å². The third kappa shape index (κ3) is 7.65. The molecule has 0 heterocycles. The second-order valence-electron chi connectivity index (χ2n) is 9.77. The van der Waals surface area contributed by atoms with E-state index in [4.69, 9.17) is 5.11 Å². The molecule has 1 saturated carbocycles. The first kappa shape index (κ1) is 25.4. The van der Waals surface area contributed by atoms with Crippen LogP contribution in [0.5, 0.6) is 0 Å². The number of carboxylic acids is 1. The molecule has 3 rings (SSSR count). The van der Waals surface area contributed by atoms with Crippen LogP contribution in [-0.2, 0) is 17.6 Å². The van der Waals surface area contributed by atoms with Gasteiger partial charge >= 0.3 is 5.97 Å². The van der Waals surface area contributed by atoms with Crippen LogP contribution >= 0.6 is 0 Å². The average molecular weight is 457 g/mol. The maximum atomic E-state index is 14.9. The highest BCUT2D eigenvalue weighted by Gasteiger charge is 2.22. The van der Waals surface area contributed by atoms with Crippen molar-refractivity contribution in [3.8, 4) is 11.1 Å². The predicted molar refractivity (Wildman–Crippen MR) is 130 cm³/mol. The van der Waals surface area contributed by atoms with Gasteiger partial charge in [-0.3, -0.25) is 4.79 Å². The van der Waals surface area contributed by atoms with Gasteiger partial charge in [-0.1, -0.05) is 94.7 Å². The summed E-state index contributed by atoms with van der Waals surface area (Å²) in [6, 6.07) is 10.7. The Morgan fingerprint density at radius 3 is 2.15 bits per heavy atom.